The van der Waals surface area contributed by atoms with Gasteiger partial charge in [0, 0.05) is 14.8 Å². The van der Waals surface area contributed by atoms with Gasteiger partial charge in [-0.15, -0.1) is 0 Å². The highest BCUT2D eigenvalue weighted by atomic mass is 35.5. The third-order valence-electron chi connectivity index (χ3n) is 4.77. The molecule has 3 aromatic carbocycles. The molecule has 2 unspecified atom stereocenters. The maximum atomic E-state index is 9.43. The molecule has 0 aliphatic rings. The molecule has 0 fully saturated rings. The highest BCUT2D eigenvalue weighted by Gasteiger charge is 2.11. The second-order valence-corrected chi connectivity index (χ2v) is 8.67. The fourth-order valence-electron chi connectivity index (χ4n) is 2.85. The van der Waals surface area contributed by atoms with Gasteiger partial charge in [0.2, 0.25) is 0 Å². The maximum Gasteiger partial charge on any atom is 0.120 e. The van der Waals surface area contributed by atoms with E-state index in [4.69, 9.17) is 22.1 Å². The van der Waals surface area contributed by atoms with Crippen molar-refractivity contribution >= 4 is 23.4 Å². The van der Waals surface area contributed by atoms with Gasteiger partial charge in [0.05, 0.1) is 0 Å². The summed E-state index contributed by atoms with van der Waals surface area (Å²) in [6, 6.07) is 24.3. The van der Waals surface area contributed by atoms with Gasteiger partial charge in [0.15, 0.2) is 0 Å². The lowest BCUT2D eigenvalue weighted by atomic mass is 10.00. The van der Waals surface area contributed by atoms with Crippen molar-refractivity contribution in [2.24, 2.45) is 11.7 Å². The third-order valence-corrected chi connectivity index (χ3v) is 6.10. The highest BCUT2D eigenvalue weighted by Crippen LogP contribution is 2.33. The van der Waals surface area contributed by atoms with Crippen molar-refractivity contribution in [3.63, 3.8) is 0 Å². The van der Waals surface area contributed by atoms with E-state index in [-0.39, 0.29) is 5.92 Å². The zero-order valence-electron chi connectivity index (χ0n) is 16.4. The number of hydrogen-bond acceptors (Lipinski definition) is 4. The predicted octanol–water partition coefficient (Wildman–Crippen LogP) is 5.92. The van der Waals surface area contributed by atoms with E-state index in [0.29, 0.717) is 6.61 Å². The summed E-state index contributed by atoms with van der Waals surface area (Å²) in [5.41, 5.74) is 7.74. The van der Waals surface area contributed by atoms with Gasteiger partial charge >= 0.3 is 0 Å². The minimum absolute atomic E-state index is 0.0405. The molecule has 3 rings (SSSR count). The topological polar surface area (TPSA) is 55.5 Å². The van der Waals surface area contributed by atoms with Crippen LogP contribution in [0.4, 0.5) is 0 Å². The lowest BCUT2D eigenvalue weighted by molar-refractivity contribution is 0.118. The van der Waals surface area contributed by atoms with Crippen molar-refractivity contribution in [3.8, 4) is 5.75 Å². The van der Waals surface area contributed by atoms with Crippen LogP contribution in [0.3, 0.4) is 0 Å². The van der Waals surface area contributed by atoms with Crippen LogP contribution in [0.1, 0.15) is 24.5 Å². The monoisotopic (exact) mass is 427 g/mol. The first-order chi connectivity index (χ1) is 14.0. The molecule has 3 aromatic rings. The van der Waals surface area contributed by atoms with Crippen molar-refractivity contribution in [2.75, 3.05) is 0 Å². The van der Waals surface area contributed by atoms with Gasteiger partial charge in [0.1, 0.15) is 18.6 Å². The normalized spacial score (nSPS) is 13.1. The van der Waals surface area contributed by atoms with Crippen LogP contribution in [0.2, 0.25) is 5.02 Å². The number of aliphatic hydroxyl groups is 1. The number of halogens is 1. The van der Waals surface area contributed by atoms with Crippen LogP contribution >= 0.6 is 23.4 Å². The standard InChI is InChI=1S/C24H26ClNO2S/c1-17(24(26)27)10-11-19-12-13-22(15-23(19)25)29-21-9-5-8-20(14-21)28-16-18-6-3-2-4-7-18/h2-9,12-15,17,24,27H,10-11,16,26H2,1H3. The molecule has 0 aliphatic heterocycles. The number of hydrogen-bond donors (Lipinski definition) is 2. The summed E-state index contributed by atoms with van der Waals surface area (Å²) in [6.07, 6.45) is 0.798. The van der Waals surface area contributed by atoms with Gasteiger partial charge in [-0.25, -0.2) is 0 Å². The molecule has 0 aromatic heterocycles. The SMILES string of the molecule is CC(CCc1ccc(Sc2cccc(OCc3ccccc3)c2)cc1Cl)C(N)O. The number of nitrogens with two attached hydrogens (primary N) is 1. The molecule has 0 amide bonds. The second kappa shape index (κ2) is 10.7. The fourth-order valence-corrected chi connectivity index (χ4v) is 4.10. The minimum atomic E-state index is -0.792. The Labute approximate surface area is 181 Å². The Kier molecular flexibility index (Phi) is 8.01. The Morgan fingerprint density at radius 1 is 1.00 bits per heavy atom. The van der Waals surface area contributed by atoms with Crippen molar-refractivity contribution in [2.45, 2.75) is 42.4 Å². The molecule has 2 atom stereocenters. The lowest BCUT2D eigenvalue weighted by Crippen LogP contribution is -2.27. The van der Waals surface area contributed by atoms with Crippen LogP contribution in [-0.4, -0.2) is 11.3 Å². The van der Waals surface area contributed by atoms with E-state index >= 15 is 0 Å². The molecule has 0 saturated heterocycles. The smallest absolute Gasteiger partial charge is 0.120 e. The molecule has 0 radical (unpaired) electrons. The molecular formula is C24H26ClNO2S. The third kappa shape index (κ3) is 6.79. The molecule has 0 aliphatic carbocycles. The van der Waals surface area contributed by atoms with Gasteiger partial charge in [-0.2, -0.15) is 0 Å². The summed E-state index contributed by atoms with van der Waals surface area (Å²) in [5, 5.41) is 10.2. The summed E-state index contributed by atoms with van der Waals surface area (Å²) in [6.45, 7) is 2.49. The predicted molar refractivity (Wildman–Crippen MR) is 120 cm³/mol. The molecule has 3 nitrogen and oxygen atoms in total. The minimum Gasteiger partial charge on any atom is -0.489 e. The van der Waals surface area contributed by atoms with Crippen LogP contribution in [0.5, 0.6) is 5.75 Å². The number of rotatable bonds is 9. The van der Waals surface area contributed by atoms with E-state index in [0.717, 1.165) is 44.5 Å². The van der Waals surface area contributed by atoms with Crippen LogP contribution in [0.25, 0.3) is 0 Å². The molecule has 152 valence electrons. The Bertz CT molecular complexity index is 918. The molecule has 0 bridgehead atoms. The van der Waals surface area contributed by atoms with Crippen molar-refractivity contribution in [1.82, 2.24) is 0 Å². The second-order valence-electron chi connectivity index (χ2n) is 7.11. The molecule has 0 heterocycles. The Morgan fingerprint density at radius 2 is 1.76 bits per heavy atom. The Hall–Kier alpha value is -1.98. The van der Waals surface area contributed by atoms with Crippen LogP contribution in [0, 0.1) is 5.92 Å². The first-order valence-electron chi connectivity index (χ1n) is 9.68. The molecule has 0 saturated carbocycles. The van der Waals surface area contributed by atoms with E-state index in [1.165, 1.54) is 0 Å². The molecule has 29 heavy (non-hydrogen) atoms. The van der Waals surface area contributed by atoms with Gasteiger partial charge in [-0.3, -0.25) is 0 Å². The average molecular weight is 428 g/mol. The maximum absolute atomic E-state index is 9.43. The highest BCUT2D eigenvalue weighted by molar-refractivity contribution is 7.99. The van der Waals surface area contributed by atoms with Crippen molar-refractivity contribution in [1.29, 1.82) is 0 Å². The van der Waals surface area contributed by atoms with Crippen LogP contribution in [0.15, 0.2) is 82.6 Å². The summed E-state index contributed by atoms with van der Waals surface area (Å²) >= 11 is 8.13. The number of benzene rings is 3. The number of aryl methyl sites for hydroxylation is 1. The lowest BCUT2D eigenvalue weighted by Gasteiger charge is -2.15. The van der Waals surface area contributed by atoms with E-state index in [1.54, 1.807) is 11.8 Å². The van der Waals surface area contributed by atoms with Gasteiger partial charge in [-0.1, -0.05) is 72.8 Å². The molecule has 3 N–H and O–H groups in total. The molecule has 0 spiro atoms. The van der Waals surface area contributed by atoms with Gasteiger partial charge in [-0.05, 0) is 60.2 Å². The Morgan fingerprint density at radius 3 is 2.48 bits per heavy atom. The Balaban J connectivity index is 1.60. The summed E-state index contributed by atoms with van der Waals surface area (Å²) < 4.78 is 5.92. The average Bonchev–Trinajstić information content (AvgIpc) is 2.72. The first-order valence-corrected chi connectivity index (χ1v) is 10.9. The van der Waals surface area contributed by atoms with Crippen LogP contribution in [-0.2, 0) is 13.0 Å². The first kappa shape index (κ1) is 21.7. The zero-order valence-corrected chi connectivity index (χ0v) is 18.0. The van der Waals surface area contributed by atoms with Gasteiger partial charge in [0.25, 0.3) is 0 Å². The number of ether oxygens (including phenoxy) is 1. The zero-order chi connectivity index (χ0) is 20.6. The van der Waals surface area contributed by atoms with Crippen molar-refractivity contribution < 1.29 is 9.84 Å². The van der Waals surface area contributed by atoms with E-state index in [9.17, 15) is 5.11 Å². The molecular weight excluding hydrogens is 402 g/mol. The largest absolute Gasteiger partial charge is 0.489 e. The van der Waals surface area contributed by atoms with E-state index in [1.807, 2.05) is 49.4 Å². The fraction of sp³-hybridized carbons (Fsp3) is 0.250. The van der Waals surface area contributed by atoms with Gasteiger partial charge < -0.3 is 15.6 Å². The summed E-state index contributed by atoms with van der Waals surface area (Å²) in [4.78, 5) is 2.17. The summed E-state index contributed by atoms with van der Waals surface area (Å²) in [5.74, 6) is 0.884. The summed E-state index contributed by atoms with van der Waals surface area (Å²) in [7, 11) is 0. The van der Waals surface area contributed by atoms with E-state index in [2.05, 4.69) is 30.3 Å². The van der Waals surface area contributed by atoms with E-state index < -0.39 is 6.23 Å². The molecule has 5 heteroatoms. The number of aliphatic hydroxyl groups excluding tert-OH is 1. The van der Waals surface area contributed by atoms with Crippen LogP contribution < -0.4 is 10.5 Å². The quantitative estimate of drug-likeness (QED) is 0.416. The van der Waals surface area contributed by atoms with Crippen molar-refractivity contribution in [3.05, 3.63) is 88.9 Å².